The van der Waals surface area contributed by atoms with Crippen LogP contribution < -0.4 is 14.8 Å². The lowest BCUT2D eigenvalue weighted by Gasteiger charge is -2.18. The van der Waals surface area contributed by atoms with Crippen LogP contribution >= 0.6 is 0 Å². The number of para-hydroxylation sites is 1. The van der Waals surface area contributed by atoms with Gasteiger partial charge >= 0.3 is 0 Å². The number of nitrogens with zero attached hydrogens (tertiary/aromatic N) is 1. The molecule has 1 N–H and O–H groups in total. The number of hydrogen-bond acceptors (Lipinski definition) is 4. The van der Waals surface area contributed by atoms with Gasteiger partial charge in [-0.25, -0.2) is 0 Å². The van der Waals surface area contributed by atoms with Crippen molar-refractivity contribution in [2.24, 2.45) is 5.92 Å². The standard InChI is InChI=1S/C21H24N2O4/c1-14-6-4-5-7-17(14)22-21(25)16-11-20(24)23(13-16)12-15-8-9-18(26-2)19(10-15)27-3/h4-10,16H,11-13H2,1-3H3,(H,22,25). The van der Waals surface area contributed by atoms with Gasteiger partial charge in [0.25, 0.3) is 0 Å². The molecule has 142 valence electrons. The molecule has 1 unspecified atom stereocenters. The van der Waals surface area contributed by atoms with Crippen LogP contribution in [-0.2, 0) is 16.1 Å². The molecule has 0 spiro atoms. The summed E-state index contributed by atoms with van der Waals surface area (Å²) >= 11 is 0. The average molecular weight is 368 g/mol. The van der Waals surface area contributed by atoms with Crippen LogP contribution in [-0.4, -0.2) is 37.5 Å². The Labute approximate surface area is 159 Å². The van der Waals surface area contributed by atoms with Crippen LogP contribution in [0.4, 0.5) is 5.69 Å². The van der Waals surface area contributed by atoms with Crippen molar-refractivity contribution < 1.29 is 19.1 Å². The Kier molecular flexibility index (Phi) is 5.64. The van der Waals surface area contributed by atoms with Gasteiger partial charge in [-0.3, -0.25) is 9.59 Å². The second-order valence-corrected chi connectivity index (χ2v) is 6.67. The summed E-state index contributed by atoms with van der Waals surface area (Å²) in [6, 6.07) is 13.2. The Morgan fingerprint density at radius 3 is 2.59 bits per heavy atom. The van der Waals surface area contributed by atoms with Crippen molar-refractivity contribution in [3.63, 3.8) is 0 Å². The maximum atomic E-state index is 12.6. The number of aryl methyl sites for hydroxylation is 1. The Hall–Kier alpha value is -3.02. The molecular weight excluding hydrogens is 344 g/mol. The molecule has 2 amide bonds. The van der Waals surface area contributed by atoms with Gasteiger partial charge in [0.05, 0.1) is 20.1 Å². The first-order valence-electron chi connectivity index (χ1n) is 8.87. The highest BCUT2D eigenvalue weighted by Gasteiger charge is 2.34. The van der Waals surface area contributed by atoms with Gasteiger partial charge in [-0.1, -0.05) is 24.3 Å². The highest BCUT2D eigenvalue weighted by atomic mass is 16.5. The van der Waals surface area contributed by atoms with Gasteiger partial charge in [0.1, 0.15) is 0 Å². The largest absolute Gasteiger partial charge is 0.493 e. The Morgan fingerprint density at radius 1 is 1.15 bits per heavy atom. The first-order chi connectivity index (χ1) is 13.0. The van der Waals surface area contributed by atoms with Crippen molar-refractivity contribution in [3.8, 4) is 11.5 Å². The highest BCUT2D eigenvalue weighted by molar-refractivity contribution is 5.97. The monoisotopic (exact) mass is 368 g/mol. The van der Waals surface area contributed by atoms with E-state index in [0.29, 0.717) is 24.6 Å². The second kappa shape index (κ2) is 8.12. The third-order valence-corrected chi connectivity index (χ3v) is 4.81. The van der Waals surface area contributed by atoms with Crippen molar-refractivity contribution in [1.29, 1.82) is 0 Å². The molecule has 0 aromatic heterocycles. The normalized spacial score (nSPS) is 16.3. The molecule has 2 aromatic carbocycles. The number of nitrogens with one attached hydrogen (secondary N) is 1. The number of benzene rings is 2. The van der Waals surface area contributed by atoms with E-state index in [2.05, 4.69) is 5.32 Å². The Balaban J connectivity index is 1.65. The van der Waals surface area contributed by atoms with E-state index in [1.165, 1.54) is 0 Å². The quantitative estimate of drug-likeness (QED) is 0.851. The Morgan fingerprint density at radius 2 is 1.89 bits per heavy atom. The molecule has 0 bridgehead atoms. The number of rotatable bonds is 6. The fourth-order valence-electron chi connectivity index (χ4n) is 3.25. The average Bonchev–Trinajstić information content (AvgIpc) is 3.04. The molecule has 3 rings (SSSR count). The number of likely N-dealkylation sites (tertiary alicyclic amines) is 1. The number of amides is 2. The summed E-state index contributed by atoms with van der Waals surface area (Å²) in [6.45, 7) is 2.79. The summed E-state index contributed by atoms with van der Waals surface area (Å²) in [5.74, 6) is 0.777. The lowest BCUT2D eigenvalue weighted by molar-refractivity contribution is -0.128. The van der Waals surface area contributed by atoms with Crippen LogP contribution in [0.2, 0.25) is 0 Å². The zero-order valence-electron chi connectivity index (χ0n) is 15.8. The molecule has 1 atom stereocenters. The van der Waals surface area contributed by atoms with E-state index in [0.717, 1.165) is 16.8 Å². The molecule has 0 radical (unpaired) electrons. The predicted molar refractivity (Wildman–Crippen MR) is 103 cm³/mol. The van der Waals surface area contributed by atoms with E-state index in [1.54, 1.807) is 19.1 Å². The van der Waals surface area contributed by atoms with Crippen molar-refractivity contribution in [2.75, 3.05) is 26.1 Å². The van der Waals surface area contributed by atoms with Gasteiger partial charge in [0.15, 0.2) is 11.5 Å². The van der Waals surface area contributed by atoms with E-state index in [-0.39, 0.29) is 24.2 Å². The number of methoxy groups -OCH3 is 2. The fourth-order valence-corrected chi connectivity index (χ4v) is 3.25. The van der Waals surface area contributed by atoms with Crippen LogP contribution in [0, 0.1) is 12.8 Å². The lowest BCUT2D eigenvalue weighted by Crippen LogP contribution is -2.28. The number of carbonyl (C=O) groups excluding carboxylic acids is 2. The van der Waals surface area contributed by atoms with Crippen LogP contribution in [0.5, 0.6) is 11.5 Å². The molecule has 1 heterocycles. The lowest BCUT2D eigenvalue weighted by atomic mass is 10.1. The minimum absolute atomic E-state index is 0.0188. The molecule has 1 aliphatic rings. The summed E-state index contributed by atoms with van der Waals surface area (Å²) in [6.07, 6.45) is 0.227. The van der Waals surface area contributed by atoms with E-state index in [4.69, 9.17) is 9.47 Å². The van der Waals surface area contributed by atoms with E-state index >= 15 is 0 Å². The molecule has 2 aromatic rings. The third kappa shape index (κ3) is 4.22. The summed E-state index contributed by atoms with van der Waals surface area (Å²) in [5, 5.41) is 2.94. The van der Waals surface area contributed by atoms with Crippen LogP contribution in [0.3, 0.4) is 0 Å². The zero-order valence-corrected chi connectivity index (χ0v) is 15.8. The topological polar surface area (TPSA) is 67.9 Å². The van der Waals surface area contributed by atoms with Gasteiger partial charge in [-0.2, -0.15) is 0 Å². The molecule has 0 saturated carbocycles. The number of hydrogen-bond donors (Lipinski definition) is 1. The molecule has 6 heteroatoms. The van der Waals surface area contributed by atoms with Gasteiger partial charge in [-0.15, -0.1) is 0 Å². The van der Waals surface area contributed by atoms with E-state index in [1.807, 2.05) is 49.4 Å². The number of carbonyl (C=O) groups is 2. The number of ether oxygens (including phenoxy) is 2. The van der Waals surface area contributed by atoms with Gasteiger partial charge in [0, 0.05) is 25.2 Å². The fraction of sp³-hybridized carbons (Fsp3) is 0.333. The van der Waals surface area contributed by atoms with Crippen molar-refractivity contribution in [1.82, 2.24) is 4.90 Å². The SMILES string of the molecule is COc1ccc(CN2CC(C(=O)Nc3ccccc3C)CC2=O)cc1OC. The molecule has 27 heavy (non-hydrogen) atoms. The predicted octanol–water partition coefficient (Wildman–Crippen LogP) is 3.00. The van der Waals surface area contributed by atoms with Crippen molar-refractivity contribution >= 4 is 17.5 Å². The maximum Gasteiger partial charge on any atom is 0.229 e. The second-order valence-electron chi connectivity index (χ2n) is 6.67. The van der Waals surface area contributed by atoms with Gasteiger partial charge < -0.3 is 19.7 Å². The van der Waals surface area contributed by atoms with Crippen LogP contribution in [0.25, 0.3) is 0 Å². The third-order valence-electron chi connectivity index (χ3n) is 4.81. The smallest absolute Gasteiger partial charge is 0.229 e. The zero-order chi connectivity index (χ0) is 19.4. The molecular formula is C21H24N2O4. The van der Waals surface area contributed by atoms with Gasteiger partial charge in [0.2, 0.25) is 11.8 Å². The van der Waals surface area contributed by atoms with Crippen LogP contribution in [0.15, 0.2) is 42.5 Å². The maximum absolute atomic E-state index is 12.6. The molecule has 0 aliphatic carbocycles. The summed E-state index contributed by atoms with van der Waals surface area (Å²) in [5.41, 5.74) is 2.71. The summed E-state index contributed by atoms with van der Waals surface area (Å²) in [7, 11) is 3.16. The number of anilines is 1. The van der Waals surface area contributed by atoms with Crippen LogP contribution in [0.1, 0.15) is 17.5 Å². The van der Waals surface area contributed by atoms with E-state index in [9.17, 15) is 9.59 Å². The minimum Gasteiger partial charge on any atom is -0.493 e. The first-order valence-corrected chi connectivity index (χ1v) is 8.87. The summed E-state index contributed by atoms with van der Waals surface area (Å²) in [4.78, 5) is 26.7. The molecule has 1 aliphatic heterocycles. The van der Waals surface area contributed by atoms with Crippen molar-refractivity contribution in [2.45, 2.75) is 19.9 Å². The first kappa shape index (κ1) is 18.8. The van der Waals surface area contributed by atoms with Crippen molar-refractivity contribution in [3.05, 3.63) is 53.6 Å². The minimum atomic E-state index is -0.350. The molecule has 6 nitrogen and oxygen atoms in total. The molecule has 1 saturated heterocycles. The highest BCUT2D eigenvalue weighted by Crippen LogP contribution is 2.29. The molecule has 1 fully saturated rings. The van der Waals surface area contributed by atoms with E-state index < -0.39 is 0 Å². The van der Waals surface area contributed by atoms with Gasteiger partial charge in [-0.05, 0) is 36.2 Å². The summed E-state index contributed by atoms with van der Waals surface area (Å²) < 4.78 is 10.6. The Bertz CT molecular complexity index is 850.